The molecule has 0 saturated carbocycles. The molecule has 37 heavy (non-hydrogen) atoms. The van der Waals surface area contributed by atoms with Crippen molar-refractivity contribution < 1.29 is 18.4 Å². The maximum absolute atomic E-state index is 14.1. The molecule has 3 aromatic carbocycles. The number of aryl methyl sites for hydroxylation is 2. The molecule has 0 fully saturated rings. The second-order valence-electron chi connectivity index (χ2n) is 9.55. The van der Waals surface area contributed by atoms with Gasteiger partial charge in [0.15, 0.2) is 0 Å². The number of nitrogens with zero attached hydrogens (tertiary/aromatic N) is 2. The van der Waals surface area contributed by atoms with E-state index in [0.717, 1.165) is 22.4 Å². The van der Waals surface area contributed by atoms with Crippen LogP contribution in [-0.2, 0) is 6.54 Å². The van der Waals surface area contributed by atoms with Crippen molar-refractivity contribution in [3.63, 3.8) is 0 Å². The number of aromatic nitrogens is 1. The molecule has 3 atom stereocenters. The van der Waals surface area contributed by atoms with Crippen molar-refractivity contribution >= 4 is 11.6 Å². The number of rotatable bonds is 6. The Balaban J connectivity index is 1.63. The van der Waals surface area contributed by atoms with Crippen molar-refractivity contribution in [2.45, 2.75) is 39.4 Å². The van der Waals surface area contributed by atoms with Gasteiger partial charge in [-0.1, -0.05) is 54.5 Å². The summed E-state index contributed by atoms with van der Waals surface area (Å²) >= 11 is 0. The molecule has 1 aliphatic heterocycles. The Hall–Kier alpha value is -4.13. The third kappa shape index (κ3) is 4.69. The van der Waals surface area contributed by atoms with Crippen LogP contribution in [0.25, 0.3) is 0 Å². The molecule has 5 rings (SSSR count). The lowest BCUT2D eigenvalue weighted by Gasteiger charge is -2.47. The van der Waals surface area contributed by atoms with E-state index in [1.807, 2.05) is 42.5 Å². The van der Waals surface area contributed by atoms with E-state index in [4.69, 9.17) is 9.26 Å². The number of halogens is 1. The van der Waals surface area contributed by atoms with Gasteiger partial charge in [-0.15, -0.1) is 0 Å². The summed E-state index contributed by atoms with van der Waals surface area (Å²) in [5, 5.41) is 7.23. The Kier molecular flexibility index (Phi) is 6.70. The van der Waals surface area contributed by atoms with Gasteiger partial charge in [0.05, 0.1) is 24.9 Å². The van der Waals surface area contributed by atoms with E-state index in [1.165, 1.54) is 6.07 Å². The number of hydrogen-bond donors (Lipinski definition) is 1. The van der Waals surface area contributed by atoms with Gasteiger partial charge in [-0.25, -0.2) is 4.39 Å². The number of anilines is 1. The zero-order valence-corrected chi connectivity index (χ0v) is 21.4. The highest BCUT2D eigenvalue weighted by atomic mass is 19.1. The fraction of sp³-hybridized carbons (Fsp3) is 0.267. The van der Waals surface area contributed by atoms with E-state index in [-0.39, 0.29) is 29.7 Å². The van der Waals surface area contributed by atoms with Crippen LogP contribution in [0.15, 0.2) is 77.3 Å². The number of methoxy groups -OCH3 is 1. The smallest absolute Gasteiger partial charge is 0.257 e. The molecule has 190 valence electrons. The van der Waals surface area contributed by atoms with Crippen LogP contribution in [-0.4, -0.2) is 18.2 Å². The first-order valence-corrected chi connectivity index (χ1v) is 12.3. The first-order chi connectivity index (χ1) is 17.9. The lowest BCUT2D eigenvalue weighted by Crippen LogP contribution is -2.45. The number of ether oxygens (including phenoxy) is 1. The van der Waals surface area contributed by atoms with Crippen molar-refractivity contribution in [1.82, 2.24) is 10.5 Å². The molecule has 1 N–H and O–H groups in total. The van der Waals surface area contributed by atoms with E-state index < -0.39 is 0 Å². The number of carbonyl (C=O) groups excluding carboxylic acids is 1. The normalized spacial score (nSPS) is 18.8. The molecule has 2 heterocycles. The van der Waals surface area contributed by atoms with Crippen molar-refractivity contribution in [2.75, 3.05) is 12.0 Å². The highest BCUT2D eigenvalue weighted by Gasteiger charge is 2.41. The molecule has 1 aliphatic rings. The molecule has 4 aromatic rings. The van der Waals surface area contributed by atoms with Crippen LogP contribution in [0.1, 0.15) is 57.5 Å². The minimum Gasteiger partial charge on any atom is -0.497 e. The van der Waals surface area contributed by atoms with Gasteiger partial charge in [0.1, 0.15) is 22.9 Å². The molecule has 0 unspecified atom stereocenters. The zero-order chi connectivity index (χ0) is 26.1. The van der Waals surface area contributed by atoms with Crippen molar-refractivity contribution in [2.24, 2.45) is 5.92 Å². The average molecular weight is 500 g/mol. The quantitative estimate of drug-likeness (QED) is 0.337. The molecule has 0 aliphatic carbocycles. The largest absolute Gasteiger partial charge is 0.497 e. The Labute approximate surface area is 216 Å². The van der Waals surface area contributed by atoms with E-state index in [2.05, 4.69) is 34.4 Å². The maximum atomic E-state index is 14.1. The lowest BCUT2D eigenvalue weighted by atomic mass is 9.78. The Morgan fingerprint density at radius 1 is 1.08 bits per heavy atom. The van der Waals surface area contributed by atoms with Crippen LogP contribution in [0.4, 0.5) is 10.1 Å². The number of nitrogens with one attached hydrogen (secondary N) is 1. The Morgan fingerprint density at radius 3 is 2.54 bits per heavy atom. The number of hydrogen-bond acceptors (Lipinski definition) is 5. The van der Waals surface area contributed by atoms with E-state index >= 15 is 0 Å². The van der Waals surface area contributed by atoms with Gasteiger partial charge in [-0.3, -0.25) is 4.79 Å². The van der Waals surface area contributed by atoms with Crippen LogP contribution in [0, 0.1) is 25.6 Å². The summed E-state index contributed by atoms with van der Waals surface area (Å²) in [5.74, 6) is 0.647. The Morgan fingerprint density at radius 2 is 1.86 bits per heavy atom. The van der Waals surface area contributed by atoms with Crippen molar-refractivity contribution in [1.29, 1.82) is 0 Å². The van der Waals surface area contributed by atoms with Crippen LogP contribution < -0.4 is 15.0 Å². The third-order valence-electron chi connectivity index (χ3n) is 7.17. The standard InChI is InChI=1S/C30H30FN3O3/c1-18-28(32-30(35)27-19(2)33-37-20(27)3)25-16-24(36-4)13-14-26(25)34(17-21-9-8-12-23(31)15-21)29(18)22-10-6-5-7-11-22/h5-16,18,28-29H,17H2,1-4H3,(H,32,35)/t18-,28-,29-/m0/s1. The third-order valence-corrected chi connectivity index (χ3v) is 7.17. The van der Waals surface area contributed by atoms with E-state index in [1.54, 1.807) is 33.1 Å². The summed E-state index contributed by atoms with van der Waals surface area (Å²) in [6.45, 7) is 6.15. The van der Waals surface area contributed by atoms with Crippen LogP contribution in [0.2, 0.25) is 0 Å². The summed E-state index contributed by atoms with van der Waals surface area (Å²) in [4.78, 5) is 15.8. The van der Waals surface area contributed by atoms with Crippen LogP contribution in [0.3, 0.4) is 0 Å². The molecule has 0 radical (unpaired) electrons. The highest BCUT2D eigenvalue weighted by molar-refractivity contribution is 5.96. The SMILES string of the molecule is COc1ccc2c(c1)[C@@H](NC(=O)c1c(C)noc1C)[C@H](C)[C@@H](c1ccccc1)N2Cc1cccc(F)c1. The molecule has 7 heteroatoms. The number of fused-ring (bicyclic) bond motifs is 1. The monoisotopic (exact) mass is 499 g/mol. The maximum Gasteiger partial charge on any atom is 0.257 e. The van der Waals surface area contributed by atoms with Gasteiger partial charge in [-0.05, 0) is 55.3 Å². The number of amides is 1. The topological polar surface area (TPSA) is 67.6 Å². The second kappa shape index (κ2) is 10.1. The molecule has 1 amide bonds. The summed E-state index contributed by atoms with van der Waals surface area (Å²) in [6.07, 6.45) is 0. The average Bonchev–Trinajstić information content (AvgIpc) is 3.24. The van der Waals surface area contributed by atoms with Gasteiger partial charge >= 0.3 is 0 Å². The first-order valence-electron chi connectivity index (χ1n) is 12.3. The number of carbonyl (C=O) groups is 1. The van der Waals surface area contributed by atoms with Gasteiger partial charge < -0.3 is 19.5 Å². The van der Waals surface area contributed by atoms with Crippen molar-refractivity contribution in [3.05, 3.63) is 112 Å². The van der Waals surface area contributed by atoms with Crippen LogP contribution in [0.5, 0.6) is 5.75 Å². The minimum absolute atomic E-state index is 0.0417. The fourth-order valence-corrected chi connectivity index (χ4v) is 5.45. The summed E-state index contributed by atoms with van der Waals surface area (Å²) in [6, 6.07) is 22.4. The van der Waals surface area contributed by atoms with Gasteiger partial charge in [0.25, 0.3) is 5.91 Å². The van der Waals surface area contributed by atoms with Gasteiger partial charge in [0.2, 0.25) is 0 Å². The molecular weight excluding hydrogens is 469 g/mol. The minimum atomic E-state index is -0.319. The molecule has 0 spiro atoms. The molecule has 1 aromatic heterocycles. The summed E-state index contributed by atoms with van der Waals surface area (Å²) < 4.78 is 24.9. The summed E-state index contributed by atoms with van der Waals surface area (Å²) in [7, 11) is 1.63. The predicted octanol–water partition coefficient (Wildman–Crippen LogP) is 6.31. The predicted molar refractivity (Wildman–Crippen MR) is 140 cm³/mol. The van der Waals surface area contributed by atoms with Crippen molar-refractivity contribution in [3.8, 4) is 5.75 Å². The zero-order valence-electron chi connectivity index (χ0n) is 21.4. The Bertz CT molecular complexity index is 1400. The van der Waals surface area contributed by atoms with Gasteiger partial charge in [-0.2, -0.15) is 0 Å². The highest BCUT2D eigenvalue weighted by Crippen LogP contribution is 2.49. The molecule has 6 nitrogen and oxygen atoms in total. The second-order valence-corrected chi connectivity index (χ2v) is 9.55. The van der Waals surface area contributed by atoms with Gasteiger partial charge in [0, 0.05) is 23.7 Å². The first kappa shape index (κ1) is 24.6. The molecule has 0 saturated heterocycles. The van der Waals surface area contributed by atoms with Crippen LogP contribution >= 0.6 is 0 Å². The molecular formula is C30H30FN3O3. The summed E-state index contributed by atoms with van der Waals surface area (Å²) in [5.41, 5.74) is 4.89. The lowest BCUT2D eigenvalue weighted by molar-refractivity contribution is 0.0913. The van der Waals surface area contributed by atoms with E-state index in [0.29, 0.717) is 29.3 Å². The molecule has 0 bridgehead atoms. The number of benzene rings is 3. The fourth-order valence-electron chi connectivity index (χ4n) is 5.45. The van der Waals surface area contributed by atoms with E-state index in [9.17, 15) is 9.18 Å².